The van der Waals surface area contributed by atoms with Crippen LogP contribution in [0.5, 0.6) is 0 Å². The number of likely N-dealkylation sites (N-methyl/N-ethyl adjacent to an activating group) is 1. The van der Waals surface area contributed by atoms with Crippen molar-refractivity contribution in [3.8, 4) is 0 Å². The van der Waals surface area contributed by atoms with E-state index in [-0.39, 0.29) is 0 Å². The summed E-state index contributed by atoms with van der Waals surface area (Å²) >= 11 is 1.84. The van der Waals surface area contributed by atoms with Crippen molar-refractivity contribution in [3.05, 3.63) is 10.6 Å². The molecule has 20 heavy (non-hydrogen) atoms. The quantitative estimate of drug-likeness (QED) is 0.800. The summed E-state index contributed by atoms with van der Waals surface area (Å²) < 4.78 is 5.76. The van der Waals surface area contributed by atoms with Crippen LogP contribution in [0.25, 0.3) is 0 Å². The fraction of sp³-hybridized carbons (Fsp3) is 0.800. The minimum Gasteiger partial charge on any atom is -0.376 e. The van der Waals surface area contributed by atoms with E-state index in [0.717, 1.165) is 44.3 Å². The molecule has 0 bridgehead atoms. The number of rotatable bonds is 8. The van der Waals surface area contributed by atoms with E-state index < -0.39 is 0 Å². The molecule has 1 aromatic heterocycles. The smallest absolute Gasteiger partial charge is 0.185 e. The molecule has 2 heterocycles. The molecule has 0 amide bonds. The Morgan fingerprint density at radius 1 is 1.40 bits per heavy atom. The molecule has 0 aliphatic carbocycles. The standard InChI is InChI=1S/C15H27N3OS/c1-4-13-14(10-16-5-2)20-15(17-13)18(6-3)11-12-8-7-9-19-12/h12,16H,4-11H2,1-3H3. The van der Waals surface area contributed by atoms with E-state index in [1.807, 2.05) is 11.3 Å². The van der Waals surface area contributed by atoms with Gasteiger partial charge in [-0.05, 0) is 32.7 Å². The molecule has 2 rings (SSSR count). The normalized spacial score (nSPS) is 18.6. The van der Waals surface area contributed by atoms with E-state index in [0.29, 0.717) is 6.10 Å². The zero-order valence-corrected chi connectivity index (χ0v) is 13.8. The molecule has 114 valence electrons. The van der Waals surface area contributed by atoms with Gasteiger partial charge in [0.25, 0.3) is 0 Å². The average Bonchev–Trinajstić information content (AvgIpc) is 3.11. The van der Waals surface area contributed by atoms with Crippen LogP contribution in [0.3, 0.4) is 0 Å². The van der Waals surface area contributed by atoms with Gasteiger partial charge >= 0.3 is 0 Å². The highest BCUT2D eigenvalue weighted by molar-refractivity contribution is 7.15. The molecule has 0 aromatic carbocycles. The Morgan fingerprint density at radius 3 is 2.85 bits per heavy atom. The number of hydrogen-bond acceptors (Lipinski definition) is 5. The summed E-state index contributed by atoms with van der Waals surface area (Å²) in [6, 6.07) is 0. The minimum absolute atomic E-state index is 0.390. The van der Waals surface area contributed by atoms with E-state index >= 15 is 0 Å². The van der Waals surface area contributed by atoms with E-state index in [2.05, 4.69) is 31.0 Å². The number of ether oxygens (including phenoxy) is 1. The highest BCUT2D eigenvalue weighted by atomic mass is 32.1. The SMILES string of the molecule is CCNCc1sc(N(CC)CC2CCCO2)nc1CC. The van der Waals surface area contributed by atoms with Crippen LogP contribution in [-0.4, -0.2) is 37.3 Å². The van der Waals surface area contributed by atoms with Gasteiger partial charge in [0.15, 0.2) is 5.13 Å². The third-order valence-corrected chi connectivity index (χ3v) is 4.90. The fourth-order valence-corrected chi connectivity index (χ4v) is 3.73. The monoisotopic (exact) mass is 297 g/mol. The lowest BCUT2D eigenvalue weighted by Crippen LogP contribution is -2.31. The lowest BCUT2D eigenvalue weighted by atomic mass is 10.2. The maximum Gasteiger partial charge on any atom is 0.185 e. The molecular formula is C15H27N3OS. The Labute approximate surface area is 126 Å². The van der Waals surface area contributed by atoms with Gasteiger partial charge in [-0.2, -0.15) is 0 Å². The lowest BCUT2D eigenvalue weighted by molar-refractivity contribution is 0.115. The number of nitrogens with zero attached hydrogens (tertiary/aromatic N) is 2. The molecule has 1 saturated heterocycles. The largest absolute Gasteiger partial charge is 0.376 e. The summed E-state index contributed by atoms with van der Waals surface area (Å²) in [4.78, 5) is 8.60. The number of thiazole rings is 1. The maximum absolute atomic E-state index is 5.76. The fourth-order valence-electron chi connectivity index (χ4n) is 2.53. The Hall–Kier alpha value is -0.650. The number of hydrogen-bond donors (Lipinski definition) is 1. The van der Waals surface area contributed by atoms with Gasteiger partial charge in [0, 0.05) is 31.1 Å². The van der Waals surface area contributed by atoms with Gasteiger partial charge in [0.1, 0.15) is 0 Å². The second-order valence-corrected chi connectivity index (χ2v) is 6.24. The van der Waals surface area contributed by atoms with Gasteiger partial charge in [-0.1, -0.05) is 13.8 Å². The molecule has 1 aliphatic rings. The van der Waals surface area contributed by atoms with Crippen molar-refractivity contribution >= 4 is 16.5 Å². The van der Waals surface area contributed by atoms with E-state index in [4.69, 9.17) is 9.72 Å². The summed E-state index contributed by atoms with van der Waals surface area (Å²) in [7, 11) is 0. The van der Waals surface area contributed by atoms with E-state index in [1.54, 1.807) is 0 Å². The van der Waals surface area contributed by atoms with Crippen LogP contribution in [0.1, 0.15) is 44.2 Å². The molecule has 1 aliphatic heterocycles. The minimum atomic E-state index is 0.390. The highest BCUT2D eigenvalue weighted by Crippen LogP contribution is 2.28. The Balaban J connectivity index is 2.05. The van der Waals surface area contributed by atoms with Crippen LogP contribution in [0.4, 0.5) is 5.13 Å². The summed E-state index contributed by atoms with van der Waals surface area (Å²) in [5, 5.41) is 4.57. The van der Waals surface area contributed by atoms with Crippen molar-refractivity contribution in [1.82, 2.24) is 10.3 Å². The first-order valence-corrected chi connectivity index (χ1v) is 8.65. The van der Waals surface area contributed by atoms with Crippen molar-refractivity contribution in [2.75, 3.05) is 31.1 Å². The second-order valence-electron chi connectivity index (χ2n) is 5.17. The van der Waals surface area contributed by atoms with Gasteiger partial charge in [-0.25, -0.2) is 4.98 Å². The molecule has 0 radical (unpaired) electrons. The molecule has 5 heteroatoms. The molecule has 1 fully saturated rings. The first-order valence-electron chi connectivity index (χ1n) is 7.84. The third kappa shape index (κ3) is 3.93. The predicted molar refractivity (Wildman–Crippen MR) is 85.7 cm³/mol. The molecular weight excluding hydrogens is 270 g/mol. The van der Waals surface area contributed by atoms with Crippen LogP contribution in [0, 0.1) is 0 Å². The Morgan fingerprint density at radius 2 is 2.25 bits per heavy atom. The van der Waals surface area contributed by atoms with Crippen molar-refractivity contribution in [3.63, 3.8) is 0 Å². The number of aromatic nitrogens is 1. The van der Waals surface area contributed by atoms with Crippen molar-refractivity contribution < 1.29 is 4.74 Å². The van der Waals surface area contributed by atoms with Crippen LogP contribution < -0.4 is 10.2 Å². The van der Waals surface area contributed by atoms with Crippen molar-refractivity contribution in [2.45, 2.75) is 52.7 Å². The molecule has 1 N–H and O–H groups in total. The summed E-state index contributed by atoms with van der Waals surface area (Å²) in [5.41, 5.74) is 1.25. The van der Waals surface area contributed by atoms with Gasteiger partial charge in [-0.3, -0.25) is 0 Å². The van der Waals surface area contributed by atoms with Crippen molar-refractivity contribution in [2.24, 2.45) is 0 Å². The maximum atomic E-state index is 5.76. The Bertz CT molecular complexity index is 402. The molecule has 1 aromatic rings. The lowest BCUT2D eigenvalue weighted by Gasteiger charge is -2.23. The van der Waals surface area contributed by atoms with Gasteiger partial charge in [0.05, 0.1) is 11.8 Å². The number of aryl methyl sites for hydroxylation is 1. The summed E-state index contributed by atoms with van der Waals surface area (Å²) in [5.74, 6) is 0. The Kier molecular flexibility index (Phi) is 6.26. The molecule has 0 saturated carbocycles. The van der Waals surface area contributed by atoms with Gasteiger partial charge < -0.3 is 15.0 Å². The van der Waals surface area contributed by atoms with Gasteiger partial charge in [-0.15, -0.1) is 11.3 Å². The summed E-state index contributed by atoms with van der Waals surface area (Å²) in [6.07, 6.45) is 3.79. The second kappa shape index (κ2) is 7.96. The van der Waals surface area contributed by atoms with Crippen LogP contribution in [0.2, 0.25) is 0 Å². The average molecular weight is 297 g/mol. The molecule has 1 atom stereocenters. The topological polar surface area (TPSA) is 37.4 Å². The zero-order chi connectivity index (χ0) is 14.4. The van der Waals surface area contributed by atoms with E-state index in [1.165, 1.54) is 23.4 Å². The molecule has 0 spiro atoms. The van der Waals surface area contributed by atoms with Gasteiger partial charge in [0.2, 0.25) is 0 Å². The van der Waals surface area contributed by atoms with E-state index in [9.17, 15) is 0 Å². The summed E-state index contributed by atoms with van der Waals surface area (Å²) in [6.45, 7) is 11.4. The van der Waals surface area contributed by atoms with Crippen LogP contribution >= 0.6 is 11.3 Å². The first-order chi connectivity index (χ1) is 9.78. The number of nitrogens with one attached hydrogen (secondary N) is 1. The molecule has 4 nitrogen and oxygen atoms in total. The highest BCUT2D eigenvalue weighted by Gasteiger charge is 2.21. The van der Waals surface area contributed by atoms with Crippen molar-refractivity contribution in [1.29, 1.82) is 0 Å². The first kappa shape index (κ1) is 15.7. The third-order valence-electron chi connectivity index (χ3n) is 3.74. The molecule has 1 unspecified atom stereocenters. The van der Waals surface area contributed by atoms with Crippen LogP contribution in [0.15, 0.2) is 0 Å². The predicted octanol–water partition coefficient (Wildman–Crippen LogP) is 2.82. The number of anilines is 1. The van der Waals surface area contributed by atoms with Crippen LogP contribution in [-0.2, 0) is 17.7 Å². The zero-order valence-electron chi connectivity index (χ0n) is 12.9.